The van der Waals surface area contributed by atoms with Crippen LogP contribution in [0.5, 0.6) is 5.88 Å². The van der Waals surface area contributed by atoms with Gasteiger partial charge in [-0.2, -0.15) is 0 Å². The summed E-state index contributed by atoms with van der Waals surface area (Å²) in [6.45, 7) is 1.88. The van der Waals surface area contributed by atoms with Crippen LogP contribution < -0.4 is 10.1 Å². The molecule has 0 aliphatic heterocycles. The normalized spacial score (nSPS) is 10.5. The van der Waals surface area contributed by atoms with Crippen LogP contribution in [0.4, 0.5) is 5.69 Å². The molecule has 0 fully saturated rings. The summed E-state index contributed by atoms with van der Waals surface area (Å²) >= 11 is 0. The number of ether oxygens (including phenoxy) is 1. The number of methoxy groups -OCH3 is 1. The van der Waals surface area contributed by atoms with E-state index in [-0.39, 0.29) is 11.6 Å². The smallest absolute Gasteiger partial charge is 0.276 e. The fraction of sp³-hybridized carbons (Fsp3) is 0.188. The number of carbonyl (C=O) groups excluding carboxylic acids is 1. The Balaban J connectivity index is 1.81. The van der Waals surface area contributed by atoms with Gasteiger partial charge in [0.15, 0.2) is 11.5 Å². The largest absolute Gasteiger partial charge is 0.480 e. The lowest BCUT2D eigenvalue weighted by molar-refractivity contribution is 0.102. The predicted molar refractivity (Wildman–Crippen MR) is 87.7 cm³/mol. The van der Waals surface area contributed by atoms with E-state index in [1.807, 2.05) is 36.7 Å². The van der Waals surface area contributed by atoms with E-state index >= 15 is 0 Å². The number of aryl methyl sites for hydroxylation is 1. The van der Waals surface area contributed by atoms with Gasteiger partial charge in [-0.15, -0.1) is 20.4 Å². The summed E-state index contributed by atoms with van der Waals surface area (Å²) in [5.74, 6) is 1.54. The maximum atomic E-state index is 12.2. The van der Waals surface area contributed by atoms with Crippen LogP contribution in [0.25, 0.3) is 11.4 Å². The van der Waals surface area contributed by atoms with Crippen LogP contribution in [0, 0.1) is 6.92 Å². The van der Waals surface area contributed by atoms with Crippen molar-refractivity contribution in [1.29, 1.82) is 0 Å². The zero-order valence-corrected chi connectivity index (χ0v) is 13.5. The van der Waals surface area contributed by atoms with E-state index in [0.29, 0.717) is 11.6 Å². The Morgan fingerprint density at radius 2 is 1.96 bits per heavy atom. The van der Waals surface area contributed by atoms with Crippen LogP contribution in [0.1, 0.15) is 16.3 Å². The highest BCUT2D eigenvalue weighted by Crippen LogP contribution is 2.21. The van der Waals surface area contributed by atoms with Crippen molar-refractivity contribution in [3.8, 4) is 17.3 Å². The van der Waals surface area contributed by atoms with Crippen molar-refractivity contribution >= 4 is 11.6 Å². The number of hydrogen-bond acceptors (Lipinski definition) is 6. The highest BCUT2D eigenvalue weighted by atomic mass is 16.5. The molecule has 0 aliphatic carbocycles. The lowest BCUT2D eigenvalue weighted by Gasteiger charge is -2.07. The van der Waals surface area contributed by atoms with Gasteiger partial charge >= 0.3 is 0 Å². The van der Waals surface area contributed by atoms with Crippen LogP contribution in [0.3, 0.4) is 0 Å². The summed E-state index contributed by atoms with van der Waals surface area (Å²) in [5.41, 5.74) is 1.70. The first-order valence-corrected chi connectivity index (χ1v) is 7.24. The lowest BCUT2D eigenvalue weighted by Crippen LogP contribution is -2.14. The standard InChI is InChI=1S/C16H16N6O2/c1-10-18-21-15(22(10)2)11-5-4-6-12(9-11)17-16(23)13-7-8-14(24-3)20-19-13/h4-9H,1-3H3,(H,17,23). The fourth-order valence-corrected chi connectivity index (χ4v) is 2.14. The van der Waals surface area contributed by atoms with Gasteiger partial charge in [0.2, 0.25) is 5.88 Å². The number of aromatic nitrogens is 5. The molecule has 0 aliphatic rings. The topological polar surface area (TPSA) is 94.8 Å². The minimum atomic E-state index is -0.351. The van der Waals surface area contributed by atoms with E-state index in [1.54, 1.807) is 18.2 Å². The molecule has 0 spiro atoms. The minimum absolute atomic E-state index is 0.204. The highest BCUT2D eigenvalue weighted by molar-refractivity contribution is 6.03. The number of hydrogen-bond donors (Lipinski definition) is 1. The summed E-state index contributed by atoms with van der Waals surface area (Å²) in [4.78, 5) is 12.2. The van der Waals surface area contributed by atoms with Gasteiger partial charge in [0.25, 0.3) is 5.91 Å². The molecular formula is C16H16N6O2. The Morgan fingerprint density at radius 3 is 2.58 bits per heavy atom. The maximum Gasteiger partial charge on any atom is 0.276 e. The first kappa shape index (κ1) is 15.6. The maximum absolute atomic E-state index is 12.2. The first-order chi connectivity index (χ1) is 11.6. The number of amides is 1. The summed E-state index contributed by atoms with van der Waals surface area (Å²) < 4.78 is 6.81. The number of nitrogens with zero attached hydrogens (tertiary/aromatic N) is 5. The summed E-state index contributed by atoms with van der Waals surface area (Å²) in [6.07, 6.45) is 0. The Bertz CT molecular complexity index is 873. The molecule has 24 heavy (non-hydrogen) atoms. The zero-order chi connectivity index (χ0) is 17.1. The number of nitrogens with one attached hydrogen (secondary N) is 1. The lowest BCUT2D eigenvalue weighted by atomic mass is 10.2. The average Bonchev–Trinajstić information content (AvgIpc) is 2.94. The van der Waals surface area contributed by atoms with E-state index in [1.165, 1.54) is 7.11 Å². The zero-order valence-electron chi connectivity index (χ0n) is 13.5. The molecule has 1 aromatic carbocycles. The molecule has 122 valence electrons. The third kappa shape index (κ3) is 3.07. The second-order valence-corrected chi connectivity index (χ2v) is 5.13. The third-order valence-electron chi connectivity index (χ3n) is 3.55. The van der Waals surface area contributed by atoms with Gasteiger partial charge in [0, 0.05) is 24.4 Å². The van der Waals surface area contributed by atoms with Crippen molar-refractivity contribution < 1.29 is 9.53 Å². The summed E-state index contributed by atoms with van der Waals surface area (Å²) in [6, 6.07) is 10.5. The van der Waals surface area contributed by atoms with E-state index in [0.717, 1.165) is 17.2 Å². The fourth-order valence-electron chi connectivity index (χ4n) is 2.14. The predicted octanol–water partition coefficient (Wildman–Crippen LogP) is 1.84. The Hall–Kier alpha value is -3.29. The van der Waals surface area contributed by atoms with Crippen LogP contribution in [0.2, 0.25) is 0 Å². The van der Waals surface area contributed by atoms with Crippen LogP contribution in [-0.4, -0.2) is 38.0 Å². The molecule has 0 unspecified atom stereocenters. The molecule has 0 saturated carbocycles. The molecule has 1 N–H and O–H groups in total. The second kappa shape index (κ2) is 6.45. The summed E-state index contributed by atoms with van der Waals surface area (Å²) in [7, 11) is 3.38. The van der Waals surface area contributed by atoms with E-state index in [4.69, 9.17) is 4.74 Å². The molecule has 1 amide bonds. The second-order valence-electron chi connectivity index (χ2n) is 5.13. The molecule has 3 aromatic rings. The molecule has 2 aromatic heterocycles. The van der Waals surface area contributed by atoms with Gasteiger partial charge in [-0.3, -0.25) is 4.79 Å². The molecular weight excluding hydrogens is 308 g/mol. The number of anilines is 1. The number of carbonyl (C=O) groups is 1. The van der Waals surface area contributed by atoms with Crippen molar-refractivity contribution in [2.45, 2.75) is 6.92 Å². The molecule has 0 radical (unpaired) electrons. The third-order valence-corrected chi connectivity index (χ3v) is 3.55. The van der Waals surface area contributed by atoms with Crippen LogP contribution in [0.15, 0.2) is 36.4 Å². The van der Waals surface area contributed by atoms with E-state index in [9.17, 15) is 4.79 Å². The van der Waals surface area contributed by atoms with Crippen LogP contribution >= 0.6 is 0 Å². The molecule has 8 heteroatoms. The average molecular weight is 324 g/mol. The highest BCUT2D eigenvalue weighted by Gasteiger charge is 2.11. The Labute approximate surface area is 138 Å². The van der Waals surface area contributed by atoms with E-state index < -0.39 is 0 Å². The molecule has 8 nitrogen and oxygen atoms in total. The number of rotatable bonds is 4. The van der Waals surface area contributed by atoms with Gasteiger partial charge in [-0.25, -0.2) is 0 Å². The van der Waals surface area contributed by atoms with Gasteiger partial charge in [-0.05, 0) is 25.1 Å². The molecule has 0 saturated heterocycles. The summed E-state index contributed by atoms with van der Waals surface area (Å²) in [5, 5.41) is 18.6. The first-order valence-electron chi connectivity index (χ1n) is 7.24. The number of benzene rings is 1. The van der Waals surface area contributed by atoms with E-state index in [2.05, 4.69) is 25.7 Å². The monoisotopic (exact) mass is 324 g/mol. The van der Waals surface area contributed by atoms with Gasteiger partial charge in [0.05, 0.1) is 7.11 Å². The van der Waals surface area contributed by atoms with Crippen LogP contribution in [-0.2, 0) is 7.05 Å². The molecule has 0 atom stereocenters. The van der Waals surface area contributed by atoms with Crippen molar-refractivity contribution in [3.05, 3.63) is 47.9 Å². The quantitative estimate of drug-likeness (QED) is 0.787. The molecule has 0 bridgehead atoms. The Kier molecular flexibility index (Phi) is 4.19. The minimum Gasteiger partial charge on any atom is -0.480 e. The molecule has 2 heterocycles. The Morgan fingerprint density at radius 1 is 1.12 bits per heavy atom. The van der Waals surface area contributed by atoms with Gasteiger partial charge in [-0.1, -0.05) is 12.1 Å². The molecule has 3 rings (SSSR count). The van der Waals surface area contributed by atoms with Crippen molar-refractivity contribution in [1.82, 2.24) is 25.0 Å². The van der Waals surface area contributed by atoms with Crippen molar-refractivity contribution in [2.75, 3.05) is 12.4 Å². The van der Waals surface area contributed by atoms with Gasteiger partial charge < -0.3 is 14.6 Å². The van der Waals surface area contributed by atoms with Crippen molar-refractivity contribution in [3.63, 3.8) is 0 Å². The van der Waals surface area contributed by atoms with Gasteiger partial charge in [0.1, 0.15) is 5.82 Å². The van der Waals surface area contributed by atoms with Crippen molar-refractivity contribution in [2.24, 2.45) is 7.05 Å². The SMILES string of the molecule is COc1ccc(C(=O)Nc2cccc(-c3nnc(C)n3C)c2)nn1.